The number of nitrogens with two attached hydrogens (primary N) is 1. The van der Waals surface area contributed by atoms with Gasteiger partial charge in [-0.2, -0.15) is 0 Å². The Balaban J connectivity index is 3.05. The Labute approximate surface area is 117 Å². The standard InChI is InChI=1S/C11H18N4O4S/c1-2-3-4-7-13-20(18,19)11-8-9(14-12)5-6-10(11)15(16)17/h5-6,8,13-14H,2-4,7,12H2,1H3. The Bertz CT molecular complexity index is 574. The summed E-state index contributed by atoms with van der Waals surface area (Å²) < 4.78 is 26.6. The van der Waals surface area contributed by atoms with Crippen molar-refractivity contribution in [2.45, 2.75) is 31.1 Å². The average molecular weight is 302 g/mol. The highest BCUT2D eigenvalue weighted by Gasteiger charge is 2.25. The van der Waals surface area contributed by atoms with Crippen LogP contribution in [0.15, 0.2) is 23.1 Å². The van der Waals surface area contributed by atoms with E-state index in [1.807, 2.05) is 6.92 Å². The number of nitrogen functional groups attached to an aromatic ring is 1. The molecule has 0 saturated carbocycles. The molecule has 0 amide bonds. The third-order valence-electron chi connectivity index (χ3n) is 2.69. The molecule has 4 N–H and O–H groups in total. The van der Waals surface area contributed by atoms with E-state index >= 15 is 0 Å². The van der Waals surface area contributed by atoms with E-state index < -0.39 is 25.5 Å². The summed E-state index contributed by atoms with van der Waals surface area (Å²) in [4.78, 5) is 9.78. The van der Waals surface area contributed by atoms with Crippen LogP contribution < -0.4 is 16.0 Å². The first-order valence-corrected chi connectivity index (χ1v) is 7.65. The molecule has 1 rings (SSSR count). The molecule has 0 atom stereocenters. The lowest BCUT2D eigenvalue weighted by Crippen LogP contribution is -2.25. The second-order valence-electron chi connectivity index (χ2n) is 4.19. The first kappa shape index (κ1) is 16.3. The van der Waals surface area contributed by atoms with E-state index in [-0.39, 0.29) is 12.2 Å². The zero-order chi connectivity index (χ0) is 15.2. The van der Waals surface area contributed by atoms with Gasteiger partial charge in [0.25, 0.3) is 5.69 Å². The molecule has 0 aliphatic carbocycles. The van der Waals surface area contributed by atoms with Crippen molar-refractivity contribution in [2.75, 3.05) is 12.0 Å². The highest BCUT2D eigenvalue weighted by molar-refractivity contribution is 7.89. The Kier molecular flexibility index (Phi) is 5.86. The fraction of sp³-hybridized carbons (Fsp3) is 0.455. The molecule has 112 valence electrons. The number of nitrogens with one attached hydrogen (secondary N) is 2. The number of hydrogen-bond donors (Lipinski definition) is 3. The summed E-state index contributed by atoms with van der Waals surface area (Å²) in [5, 5.41) is 10.9. The molecule has 0 aromatic heterocycles. The molecular formula is C11H18N4O4S. The minimum Gasteiger partial charge on any atom is -0.324 e. The Morgan fingerprint density at radius 1 is 1.35 bits per heavy atom. The van der Waals surface area contributed by atoms with Crippen molar-refractivity contribution in [1.29, 1.82) is 0 Å². The van der Waals surface area contributed by atoms with Crippen LogP contribution in [-0.4, -0.2) is 19.9 Å². The van der Waals surface area contributed by atoms with Crippen LogP contribution in [-0.2, 0) is 10.0 Å². The number of hydrogen-bond acceptors (Lipinski definition) is 6. The van der Waals surface area contributed by atoms with E-state index in [9.17, 15) is 18.5 Å². The Morgan fingerprint density at radius 2 is 2.05 bits per heavy atom. The van der Waals surface area contributed by atoms with Crippen LogP contribution in [0, 0.1) is 10.1 Å². The van der Waals surface area contributed by atoms with Gasteiger partial charge in [0.2, 0.25) is 10.0 Å². The van der Waals surface area contributed by atoms with Gasteiger partial charge in [-0.1, -0.05) is 19.8 Å². The third kappa shape index (κ3) is 4.15. The molecule has 0 spiro atoms. The summed E-state index contributed by atoms with van der Waals surface area (Å²) >= 11 is 0. The number of nitro benzene ring substituents is 1. The molecule has 0 unspecified atom stereocenters. The van der Waals surface area contributed by atoms with Crippen LogP contribution in [0.1, 0.15) is 26.2 Å². The number of unbranched alkanes of at least 4 members (excludes halogenated alkanes) is 2. The highest BCUT2D eigenvalue weighted by atomic mass is 32.2. The minimum absolute atomic E-state index is 0.244. The number of anilines is 1. The second-order valence-corrected chi connectivity index (χ2v) is 5.92. The smallest absolute Gasteiger partial charge is 0.289 e. The van der Waals surface area contributed by atoms with Gasteiger partial charge in [0.1, 0.15) is 0 Å². The van der Waals surface area contributed by atoms with Crippen molar-refractivity contribution in [3.05, 3.63) is 28.3 Å². The summed E-state index contributed by atoms with van der Waals surface area (Å²) in [6, 6.07) is 3.59. The number of nitro groups is 1. The van der Waals surface area contributed by atoms with Crippen molar-refractivity contribution in [3.63, 3.8) is 0 Å². The maximum absolute atomic E-state index is 12.1. The number of hydrazine groups is 1. The van der Waals surface area contributed by atoms with Gasteiger partial charge >= 0.3 is 0 Å². The molecule has 0 heterocycles. The largest absolute Gasteiger partial charge is 0.324 e. The van der Waals surface area contributed by atoms with Crippen molar-refractivity contribution in [2.24, 2.45) is 5.84 Å². The van der Waals surface area contributed by atoms with Crippen LogP contribution >= 0.6 is 0 Å². The molecule has 0 radical (unpaired) electrons. The lowest BCUT2D eigenvalue weighted by atomic mass is 10.3. The average Bonchev–Trinajstić information content (AvgIpc) is 2.42. The summed E-state index contributed by atoms with van der Waals surface area (Å²) in [5.41, 5.74) is 2.07. The first-order chi connectivity index (χ1) is 9.42. The normalized spacial score (nSPS) is 11.3. The van der Waals surface area contributed by atoms with E-state index in [2.05, 4.69) is 10.1 Å². The fourth-order valence-electron chi connectivity index (χ4n) is 1.63. The molecule has 8 nitrogen and oxygen atoms in total. The van der Waals surface area contributed by atoms with Gasteiger partial charge in [-0.25, -0.2) is 13.1 Å². The van der Waals surface area contributed by atoms with E-state index in [1.54, 1.807) is 0 Å². The molecule has 0 aliphatic rings. The van der Waals surface area contributed by atoms with Gasteiger partial charge in [-0.3, -0.25) is 16.0 Å². The van der Waals surface area contributed by atoms with Gasteiger partial charge < -0.3 is 5.43 Å². The maximum atomic E-state index is 12.1. The highest BCUT2D eigenvalue weighted by Crippen LogP contribution is 2.26. The fourth-order valence-corrected chi connectivity index (χ4v) is 2.90. The van der Waals surface area contributed by atoms with Crippen LogP contribution in [0.2, 0.25) is 0 Å². The summed E-state index contributed by atoms with van der Waals surface area (Å²) in [6.45, 7) is 2.24. The SMILES string of the molecule is CCCCCNS(=O)(=O)c1cc(NN)ccc1[N+](=O)[O-]. The minimum atomic E-state index is -3.94. The number of nitrogens with zero attached hydrogens (tertiary/aromatic N) is 1. The number of rotatable bonds is 8. The number of sulfonamides is 1. The van der Waals surface area contributed by atoms with Gasteiger partial charge in [-0.15, -0.1) is 0 Å². The lowest BCUT2D eigenvalue weighted by molar-refractivity contribution is -0.387. The molecule has 9 heteroatoms. The van der Waals surface area contributed by atoms with Crippen LogP contribution in [0.25, 0.3) is 0 Å². The van der Waals surface area contributed by atoms with Crippen molar-refractivity contribution in [1.82, 2.24) is 4.72 Å². The van der Waals surface area contributed by atoms with Crippen LogP contribution in [0.5, 0.6) is 0 Å². The van der Waals surface area contributed by atoms with E-state index in [1.165, 1.54) is 6.07 Å². The van der Waals surface area contributed by atoms with E-state index in [0.29, 0.717) is 6.42 Å². The van der Waals surface area contributed by atoms with Crippen LogP contribution in [0.4, 0.5) is 11.4 Å². The summed E-state index contributed by atoms with van der Waals surface area (Å²) in [7, 11) is -3.94. The zero-order valence-electron chi connectivity index (χ0n) is 11.1. The predicted octanol–water partition coefficient (Wildman–Crippen LogP) is 1.35. The second kappa shape index (κ2) is 7.17. The van der Waals surface area contributed by atoms with E-state index in [4.69, 9.17) is 5.84 Å². The third-order valence-corrected chi connectivity index (χ3v) is 4.18. The molecule has 0 aliphatic heterocycles. The maximum Gasteiger partial charge on any atom is 0.289 e. The topological polar surface area (TPSA) is 127 Å². The lowest BCUT2D eigenvalue weighted by Gasteiger charge is -2.08. The molecule has 1 aromatic carbocycles. The molecule has 0 bridgehead atoms. The van der Waals surface area contributed by atoms with Crippen molar-refractivity contribution < 1.29 is 13.3 Å². The predicted molar refractivity (Wildman–Crippen MR) is 75.6 cm³/mol. The summed E-state index contributed by atoms with van der Waals surface area (Å²) in [6.07, 6.45) is 2.52. The Morgan fingerprint density at radius 3 is 2.60 bits per heavy atom. The Hall–Kier alpha value is -1.71. The quantitative estimate of drug-likeness (QED) is 0.288. The number of benzene rings is 1. The van der Waals surface area contributed by atoms with Crippen molar-refractivity contribution in [3.8, 4) is 0 Å². The van der Waals surface area contributed by atoms with Crippen LogP contribution in [0.3, 0.4) is 0 Å². The van der Waals surface area contributed by atoms with Gasteiger partial charge in [0.15, 0.2) is 4.90 Å². The van der Waals surface area contributed by atoms with Gasteiger partial charge in [-0.05, 0) is 18.6 Å². The molecule has 0 saturated heterocycles. The van der Waals surface area contributed by atoms with Gasteiger partial charge in [0.05, 0.1) is 10.6 Å². The zero-order valence-corrected chi connectivity index (χ0v) is 11.9. The monoisotopic (exact) mass is 302 g/mol. The first-order valence-electron chi connectivity index (χ1n) is 6.17. The molecule has 0 fully saturated rings. The molecular weight excluding hydrogens is 284 g/mol. The molecule has 20 heavy (non-hydrogen) atoms. The summed E-state index contributed by atoms with van der Waals surface area (Å²) in [5.74, 6) is 5.19. The van der Waals surface area contributed by atoms with Gasteiger partial charge in [0, 0.05) is 12.6 Å². The van der Waals surface area contributed by atoms with E-state index in [0.717, 1.165) is 25.0 Å². The molecule has 1 aromatic rings. The van der Waals surface area contributed by atoms with Crippen molar-refractivity contribution >= 4 is 21.4 Å².